The number of rotatable bonds is 3. The molecule has 2 aliphatic heterocycles. The molecule has 5 heteroatoms. The summed E-state index contributed by atoms with van der Waals surface area (Å²) in [7, 11) is 0. The van der Waals surface area contributed by atoms with E-state index in [9.17, 15) is 9.59 Å². The number of hydrogen-bond donors (Lipinski definition) is 2. The van der Waals surface area contributed by atoms with Crippen molar-refractivity contribution in [1.29, 1.82) is 0 Å². The van der Waals surface area contributed by atoms with Crippen LogP contribution in [-0.4, -0.2) is 29.8 Å². The van der Waals surface area contributed by atoms with Crippen LogP contribution < -0.4 is 10.6 Å². The van der Waals surface area contributed by atoms with Crippen LogP contribution in [0.25, 0.3) is 11.0 Å². The van der Waals surface area contributed by atoms with Crippen LogP contribution in [-0.2, 0) is 0 Å². The predicted molar refractivity (Wildman–Crippen MR) is 82.0 cm³/mol. The number of amides is 1. The van der Waals surface area contributed by atoms with Crippen molar-refractivity contribution in [3.05, 3.63) is 35.6 Å². The number of carbonyl (C=O) groups is 2. The average molecular weight is 298 g/mol. The summed E-state index contributed by atoms with van der Waals surface area (Å²) in [6.45, 7) is 1.47. The van der Waals surface area contributed by atoms with Crippen LogP contribution in [0.5, 0.6) is 0 Å². The van der Waals surface area contributed by atoms with E-state index in [1.807, 2.05) is 6.07 Å². The SMILES string of the molecule is CC(=O)c1cc2ccc(C(=O)N[C@@H]3C[C@H]4CC[C@@H]3N4)cc2o1. The van der Waals surface area contributed by atoms with Gasteiger partial charge in [-0.3, -0.25) is 9.59 Å². The maximum atomic E-state index is 12.4. The molecule has 1 aromatic heterocycles. The number of benzene rings is 1. The van der Waals surface area contributed by atoms with Crippen molar-refractivity contribution in [2.75, 3.05) is 0 Å². The van der Waals surface area contributed by atoms with E-state index in [1.54, 1.807) is 18.2 Å². The summed E-state index contributed by atoms with van der Waals surface area (Å²) in [5, 5.41) is 7.46. The molecule has 2 N–H and O–H groups in total. The predicted octanol–water partition coefficient (Wildman–Crippen LogP) is 2.26. The van der Waals surface area contributed by atoms with Gasteiger partial charge < -0.3 is 15.1 Å². The van der Waals surface area contributed by atoms with Gasteiger partial charge in [0.05, 0.1) is 0 Å². The molecule has 22 heavy (non-hydrogen) atoms. The zero-order valence-corrected chi connectivity index (χ0v) is 12.4. The Balaban J connectivity index is 1.55. The number of nitrogens with one attached hydrogen (secondary N) is 2. The minimum Gasteiger partial charge on any atom is -0.453 e. The lowest BCUT2D eigenvalue weighted by molar-refractivity contribution is 0.0930. The van der Waals surface area contributed by atoms with Gasteiger partial charge in [-0.15, -0.1) is 0 Å². The summed E-state index contributed by atoms with van der Waals surface area (Å²) in [6, 6.07) is 8.19. The van der Waals surface area contributed by atoms with E-state index < -0.39 is 0 Å². The van der Waals surface area contributed by atoms with Gasteiger partial charge in [0.2, 0.25) is 0 Å². The maximum Gasteiger partial charge on any atom is 0.251 e. The minimum absolute atomic E-state index is 0.0815. The van der Waals surface area contributed by atoms with Crippen molar-refractivity contribution in [2.24, 2.45) is 0 Å². The number of carbonyl (C=O) groups excluding carboxylic acids is 2. The zero-order chi connectivity index (χ0) is 15.3. The lowest BCUT2D eigenvalue weighted by atomic mass is 9.95. The van der Waals surface area contributed by atoms with Crippen LogP contribution in [0, 0.1) is 0 Å². The van der Waals surface area contributed by atoms with Gasteiger partial charge in [-0.05, 0) is 37.5 Å². The molecule has 3 heterocycles. The van der Waals surface area contributed by atoms with Crippen LogP contribution in [0.3, 0.4) is 0 Å². The van der Waals surface area contributed by atoms with Gasteiger partial charge in [0, 0.05) is 36.0 Å². The molecule has 2 saturated heterocycles. The Kier molecular flexibility index (Phi) is 3.04. The molecule has 2 aliphatic rings. The third-order valence-corrected chi connectivity index (χ3v) is 4.75. The molecule has 3 atom stereocenters. The highest BCUT2D eigenvalue weighted by atomic mass is 16.3. The van der Waals surface area contributed by atoms with Crippen LogP contribution in [0.4, 0.5) is 0 Å². The Bertz CT molecular complexity index is 764. The molecule has 2 fully saturated rings. The molecule has 1 aromatic carbocycles. The summed E-state index contributed by atoms with van der Waals surface area (Å²) < 4.78 is 5.50. The van der Waals surface area contributed by atoms with Crippen molar-refractivity contribution in [3.63, 3.8) is 0 Å². The maximum absolute atomic E-state index is 12.4. The third kappa shape index (κ3) is 2.22. The second kappa shape index (κ2) is 4.95. The molecule has 0 radical (unpaired) electrons. The second-order valence-electron chi connectivity index (χ2n) is 6.28. The molecule has 5 nitrogen and oxygen atoms in total. The van der Waals surface area contributed by atoms with Crippen molar-refractivity contribution in [2.45, 2.75) is 44.3 Å². The Hall–Kier alpha value is -2.14. The molecular weight excluding hydrogens is 280 g/mol. The molecule has 0 aliphatic carbocycles. The lowest BCUT2D eigenvalue weighted by Crippen LogP contribution is -2.42. The summed E-state index contributed by atoms with van der Waals surface area (Å²) >= 11 is 0. The van der Waals surface area contributed by atoms with Crippen LogP contribution in [0.1, 0.15) is 47.1 Å². The first kappa shape index (κ1) is 13.5. The third-order valence-electron chi connectivity index (χ3n) is 4.75. The van der Waals surface area contributed by atoms with Gasteiger partial charge in [0.1, 0.15) is 5.58 Å². The quantitative estimate of drug-likeness (QED) is 0.853. The van der Waals surface area contributed by atoms with Crippen LogP contribution in [0.15, 0.2) is 28.7 Å². The number of fused-ring (bicyclic) bond motifs is 3. The Labute approximate surface area is 128 Å². The average Bonchev–Trinajstić information content (AvgIpc) is 3.20. The van der Waals surface area contributed by atoms with E-state index in [0.717, 1.165) is 18.2 Å². The number of Topliss-reactive ketones (excluding diaryl/α,β-unsaturated/α-hetero) is 1. The van der Waals surface area contributed by atoms with Gasteiger partial charge in [0.25, 0.3) is 5.91 Å². The monoisotopic (exact) mass is 298 g/mol. The smallest absolute Gasteiger partial charge is 0.251 e. The van der Waals surface area contributed by atoms with Crippen LogP contribution >= 0.6 is 0 Å². The molecule has 0 unspecified atom stereocenters. The fourth-order valence-electron chi connectivity index (χ4n) is 3.58. The van der Waals surface area contributed by atoms with E-state index in [2.05, 4.69) is 10.6 Å². The molecule has 2 aromatic rings. The Morgan fingerprint density at radius 2 is 2.14 bits per heavy atom. The van der Waals surface area contributed by atoms with Crippen molar-refractivity contribution >= 4 is 22.7 Å². The first-order chi connectivity index (χ1) is 10.6. The van der Waals surface area contributed by atoms with Crippen LogP contribution in [0.2, 0.25) is 0 Å². The standard InChI is InChI=1S/C17H18N2O3/c1-9(20)15-6-10-2-3-11(7-16(10)22-15)17(21)19-14-8-12-4-5-13(14)18-12/h2-3,6-7,12-14,18H,4-5,8H2,1H3,(H,19,21)/t12-,13+,14-/m1/s1. The summed E-state index contributed by atoms with van der Waals surface area (Å²) in [5.41, 5.74) is 1.14. The van der Waals surface area contributed by atoms with E-state index >= 15 is 0 Å². The highest BCUT2D eigenvalue weighted by Gasteiger charge is 2.39. The topological polar surface area (TPSA) is 71.3 Å². The highest BCUT2D eigenvalue weighted by molar-refractivity contribution is 6.00. The fourth-order valence-corrected chi connectivity index (χ4v) is 3.58. The minimum atomic E-state index is -0.116. The lowest BCUT2D eigenvalue weighted by Gasteiger charge is -2.21. The molecule has 4 rings (SSSR count). The molecule has 0 saturated carbocycles. The molecule has 0 spiro atoms. The molecule has 2 bridgehead atoms. The van der Waals surface area contributed by atoms with Gasteiger partial charge in [0.15, 0.2) is 11.5 Å². The van der Waals surface area contributed by atoms with E-state index in [1.165, 1.54) is 13.3 Å². The first-order valence-corrected chi connectivity index (χ1v) is 7.71. The van der Waals surface area contributed by atoms with Crippen molar-refractivity contribution in [1.82, 2.24) is 10.6 Å². The van der Waals surface area contributed by atoms with Crippen molar-refractivity contribution < 1.29 is 14.0 Å². The van der Waals surface area contributed by atoms with Gasteiger partial charge in [-0.1, -0.05) is 6.07 Å². The normalized spacial score (nSPS) is 26.5. The van der Waals surface area contributed by atoms with E-state index in [4.69, 9.17) is 4.42 Å². The molecular formula is C17H18N2O3. The molecule has 114 valence electrons. The molecule has 1 amide bonds. The van der Waals surface area contributed by atoms with Gasteiger partial charge >= 0.3 is 0 Å². The second-order valence-corrected chi connectivity index (χ2v) is 6.28. The highest BCUT2D eigenvalue weighted by Crippen LogP contribution is 2.28. The summed E-state index contributed by atoms with van der Waals surface area (Å²) in [5.74, 6) is 0.127. The van der Waals surface area contributed by atoms with Crippen molar-refractivity contribution in [3.8, 4) is 0 Å². The summed E-state index contributed by atoms with van der Waals surface area (Å²) in [6.07, 6.45) is 3.35. The number of hydrogen-bond acceptors (Lipinski definition) is 4. The fraction of sp³-hybridized carbons (Fsp3) is 0.412. The van der Waals surface area contributed by atoms with Gasteiger partial charge in [-0.2, -0.15) is 0 Å². The Morgan fingerprint density at radius 3 is 2.82 bits per heavy atom. The Morgan fingerprint density at radius 1 is 1.27 bits per heavy atom. The first-order valence-electron chi connectivity index (χ1n) is 7.71. The zero-order valence-electron chi connectivity index (χ0n) is 12.4. The number of ketones is 1. The largest absolute Gasteiger partial charge is 0.453 e. The number of furan rings is 1. The summed E-state index contributed by atoms with van der Waals surface area (Å²) in [4.78, 5) is 23.8. The van der Waals surface area contributed by atoms with E-state index in [-0.39, 0.29) is 17.7 Å². The van der Waals surface area contributed by atoms with Gasteiger partial charge in [-0.25, -0.2) is 0 Å². The van der Waals surface area contributed by atoms with E-state index in [0.29, 0.717) is 29.0 Å².